The third-order valence-electron chi connectivity index (χ3n) is 2.04. The van der Waals surface area contributed by atoms with Gasteiger partial charge in [0.2, 0.25) is 0 Å². The van der Waals surface area contributed by atoms with Gasteiger partial charge in [-0.05, 0) is 38.5 Å². The number of aryl methyl sites for hydroxylation is 1. The van der Waals surface area contributed by atoms with Gasteiger partial charge in [0, 0.05) is 0 Å². The Morgan fingerprint density at radius 2 is 2.00 bits per heavy atom. The maximum atomic E-state index is 11.4. The van der Waals surface area contributed by atoms with Crippen LogP contribution in [0.2, 0.25) is 0 Å². The Hall–Kier alpha value is -1.51. The van der Waals surface area contributed by atoms with Gasteiger partial charge in [-0.3, -0.25) is 0 Å². The van der Waals surface area contributed by atoms with E-state index in [9.17, 15) is 4.79 Å². The van der Waals surface area contributed by atoms with Crippen molar-refractivity contribution in [1.82, 2.24) is 0 Å². The SMILES string of the molecule is COC(=O)C(C)(C)Oc1cccc(C)c1. The molecule has 0 fully saturated rings. The molecule has 0 heterocycles. The topological polar surface area (TPSA) is 35.5 Å². The quantitative estimate of drug-likeness (QED) is 0.715. The van der Waals surface area contributed by atoms with Crippen LogP contribution in [-0.2, 0) is 9.53 Å². The van der Waals surface area contributed by atoms with Gasteiger partial charge < -0.3 is 9.47 Å². The summed E-state index contributed by atoms with van der Waals surface area (Å²) in [5, 5.41) is 0. The maximum Gasteiger partial charge on any atom is 0.349 e. The standard InChI is InChI=1S/C12H16O3/c1-9-6-5-7-10(8-9)15-12(2,3)11(13)14-4/h5-8H,1-4H3. The molecule has 0 unspecified atom stereocenters. The van der Waals surface area contributed by atoms with Crippen molar-refractivity contribution in [3.63, 3.8) is 0 Å². The monoisotopic (exact) mass is 208 g/mol. The van der Waals surface area contributed by atoms with Gasteiger partial charge in [-0.2, -0.15) is 0 Å². The normalized spacial score (nSPS) is 10.9. The Balaban J connectivity index is 2.81. The summed E-state index contributed by atoms with van der Waals surface area (Å²) >= 11 is 0. The van der Waals surface area contributed by atoms with Gasteiger partial charge in [-0.1, -0.05) is 12.1 Å². The molecule has 0 atom stereocenters. The number of ether oxygens (including phenoxy) is 2. The van der Waals surface area contributed by atoms with E-state index >= 15 is 0 Å². The first-order valence-electron chi connectivity index (χ1n) is 4.80. The summed E-state index contributed by atoms with van der Waals surface area (Å²) in [6.45, 7) is 5.33. The van der Waals surface area contributed by atoms with E-state index in [2.05, 4.69) is 4.74 Å². The number of esters is 1. The smallest absolute Gasteiger partial charge is 0.349 e. The zero-order valence-electron chi connectivity index (χ0n) is 9.53. The van der Waals surface area contributed by atoms with Crippen molar-refractivity contribution in [2.75, 3.05) is 7.11 Å². The molecule has 0 bridgehead atoms. The molecule has 0 aromatic heterocycles. The van der Waals surface area contributed by atoms with E-state index in [0.717, 1.165) is 5.56 Å². The fourth-order valence-corrected chi connectivity index (χ4v) is 1.26. The van der Waals surface area contributed by atoms with Gasteiger partial charge >= 0.3 is 5.97 Å². The highest BCUT2D eigenvalue weighted by Crippen LogP contribution is 2.20. The average Bonchev–Trinajstić information content (AvgIpc) is 2.15. The molecule has 1 aromatic rings. The van der Waals surface area contributed by atoms with Gasteiger partial charge in [0.1, 0.15) is 5.75 Å². The van der Waals surface area contributed by atoms with E-state index in [-0.39, 0.29) is 5.97 Å². The molecule has 0 aliphatic rings. The molecule has 0 radical (unpaired) electrons. The molecule has 82 valence electrons. The highest BCUT2D eigenvalue weighted by Gasteiger charge is 2.30. The first-order valence-corrected chi connectivity index (χ1v) is 4.80. The third kappa shape index (κ3) is 2.98. The van der Waals surface area contributed by atoms with Crippen LogP contribution in [0.3, 0.4) is 0 Å². The van der Waals surface area contributed by atoms with Crippen molar-refractivity contribution in [1.29, 1.82) is 0 Å². The average molecular weight is 208 g/mol. The molecule has 0 spiro atoms. The van der Waals surface area contributed by atoms with Crippen molar-refractivity contribution in [2.24, 2.45) is 0 Å². The Morgan fingerprint density at radius 1 is 1.33 bits per heavy atom. The van der Waals surface area contributed by atoms with E-state index in [4.69, 9.17) is 4.74 Å². The third-order valence-corrected chi connectivity index (χ3v) is 2.04. The summed E-state index contributed by atoms with van der Waals surface area (Å²) in [5.41, 5.74) is 0.135. The maximum absolute atomic E-state index is 11.4. The Bertz CT molecular complexity index is 356. The summed E-state index contributed by atoms with van der Waals surface area (Å²) in [5.74, 6) is 0.286. The summed E-state index contributed by atoms with van der Waals surface area (Å²) in [6, 6.07) is 7.55. The van der Waals surface area contributed by atoms with E-state index in [0.29, 0.717) is 5.75 Å². The number of benzene rings is 1. The number of hydrogen-bond donors (Lipinski definition) is 0. The van der Waals surface area contributed by atoms with E-state index in [1.807, 2.05) is 31.2 Å². The zero-order chi connectivity index (χ0) is 11.5. The van der Waals surface area contributed by atoms with Crippen LogP contribution in [0.25, 0.3) is 0 Å². The molecule has 3 nitrogen and oxygen atoms in total. The summed E-state index contributed by atoms with van der Waals surface area (Å²) < 4.78 is 10.2. The molecule has 3 heteroatoms. The van der Waals surface area contributed by atoms with Crippen LogP contribution in [0.15, 0.2) is 24.3 Å². The second-order valence-corrected chi connectivity index (χ2v) is 3.92. The van der Waals surface area contributed by atoms with Crippen molar-refractivity contribution in [3.05, 3.63) is 29.8 Å². The minimum absolute atomic E-state index is 0.385. The summed E-state index contributed by atoms with van der Waals surface area (Å²) in [4.78, 5) is 11.4. The highest BCUT2D eigenvalue weighted by molar-refractivity contribution is 5.78. The van der Waals surface area contributed by atoms with E-state index in [1.54, 1.807) is 13.8 Å². The molecule has 1 rings (SSSR count). The molecule has 0 saturated heterocycles. The van der Waals surface area contributed by atoms with Crippen LogP contribution in [0.5, 0.6) is 5.75 Å². The van der Waals surface area contributed by atoms with Crippen molar-refractivity contribution in [2.45, 2.75) is 26.4 Å². The second-order valence-electron chi connectivity index (χ2n) is 3.92. The molecular formula is C12H16O3. The van der Waals surface area contributed by atoms with Gasteiger partial charge in [-0.15, -0.1) is 0 Å². The first kappa shape index (κ1) is 11.6. The summed E-state index contributed by atoms with van der Waals surface area (Å²) in [6.07, 6.45) is 0. The Labute approximate surface area is 90.0 Å². The highest BCUT2D eigenvalue weighted by atomic mass is 16.6. The van der Waals surface area contributed by atoms with E-state index < -0.39 is 5.60 Å². The molecule has 0 saturated carbocycles. The van der Waals surface area contributed by atoms with Gasteiger partial charge in [-0.25, -0.2) is 4.79 Å². The fourth-order valence-electron chi connectivity index (χ4n) is 1.26. The van der Waals surface area contributed by atoms with Crippen LogP contribution in [0, 0.1) is 6.92 Å². The number of carbonyl (C=O) groups excluding carboxylic acids is 1. The fraction of sp³-hybridized carbons (Fsp3) is 0.417. The Kier molecular flexibility index (Phi) is 3.35. The Morgan fingerprint density at radius 3 is 2.53 bits per heavy atom. The van der Waals surface area contributed by atoms with Crippen LogP contribution in [-0.4, -0.2) is 18.7 Å². The van der Waals surface area contributed by atoms with E-state index in [1.165, 1.54) is 7.11 Å². The lowest BCUT2D eigenvalue weighted by molar-refractivity contribution is -0.156. The molecule has 1 aromatic carbocycles. The molecular weight excluding hydrogens is 192 g/mol. The molecule has 0 aliphatic heterocycles. The van der Waals surface area contributed by atoms with Crippen LogP contribution >= 0.6 is 0 Å². The lowest BCUT2D eigenvalue weighted by Crippen LogP contribution is -2.39. The predicted octanol–water partition coefficient (Wildman–Crippen LogP) is 2.33. The molecule has 15 heavy (non-hydrogen) atoms. The number of carbonyl (C=O) groups is 1. The molecule has 0 amide bonds. The largest absolute Gasteiger partial charge is 0.476 e. The predicted molar refractivity (Wildman–Crippen MR) is 57.9 cm³/mol. The van der Waals surface area contributed by atoms with Gasteiger partial charge in [0.25, 0.3) is 0 Å². The van der Waals surface area contributed by atoms with Crippen LogP contribution in [0.1, 0.15) is 19.4 Å². The van der Waals surface area contributed by atoms with Crippen LogP contribution < -0.4 is 4.74 Å². The minimum Gasteiger partial charge on any atom is -0.476 e. The molecule has 0 aliphatic carbocycles. The number of hydrogen-bond acceptors (Lipinski definition) is 3. The lowest BCUT2D eigenvalue weighted by atomic mass is 10.1. The van der Waals surface area contributed by atoms with Crippen LogP contribution in [0.4, 0.5) is 0 Å². The molecule has 0 N–H and O–H groups in total. The van der Waals surface area contributed by atoms with Gasteiger partial charge in [0.15, 0.2) is 5.60 Å². The number of rotatable bonds is 3. The first-order chi connectivity index (χ1) is 6.95. The zero-order valence-corrected chi connectivity index (χ0v) is 9.53. The van der Waals surface area contributed by atoms with Crippen molar-refractivity contribution in [3.8, 4) is 5.75 Å². The number of methoxy groups -OCH3 is 1. The lowest BCUT2D eigenvalue weighted by Gasteiger charge is -2.23. The second kappa shape index (κ2) is 4.34. The van der Waals surface area contributed by atoms with Crippen molar-refractivity contribution < 1.29 is 14.3 Å². The summed E-state index contributed by atoms with van der Waals surface area (Å²) in [7, 11) is 1.35. The van der Waals surface area contributed by atoms with Crippen molar-refractivity contribution >= 4 is 5.97 Å². The minimum atomic E-state index is -0.956. The van der Waals surface area contributed by atoms with Gasteiger partial charge in [0.05, 0.1) is 7.11 Å².